The van der Waals surface area contributed by atoms with Crippen molar-refractivity contribution in [2.75, 3.05) is 24.5 Å². The molecule has 0 bridgehead atoms. The lowest BCUT2D eigenvalue weighted by atomic mass is 10.0. The number of methoxy groups -OCH3 is 1. The molecule has 242 valence electrons. The number of sulfonamides is 1. The maximum atomic E-state index is 14.6. The monoisotopic (exact) mass is 681 g/mol. The zero-order chi connectivity index (χ0) is 33.1. The zero-order valence-corrected chi connectivity index (χ0v) is 28.1. The highest BCUT2D eigenvalue weighted by Crippen LogP contribution is 2.30. The number of benzene rings is 4. The van der Waals surface area contributed by atoms with E-state index in [1.54, 1.807) is 60.7 Å². The predicted molar refractivity (Wildman–Crippen MR) is 183 cm³/mol. The van der Waals surface area contributed by atoms with Gasteiger partial charge in [0.15, 0.2) is 0 Å². The molecule has 0 aliphatic rings. The largest absolute Gasteiger partial charge is 0.497 e. The van der Waals surface area contributed by atoms with E-state index < -0.39 is 28.5 Å². The molecule has 2 amide bonds. The Hall–Kier alpha value is -4.05. The number of rotatable bonds is 15. The van der Waals surface area contributed by atoms with Crippen LogP contribution in [0.25, 0.3) is 0 Å². The van der Waals surface area contributed by atoms with E-state index in [0.717, 1.165) is 22.7 Å². The van der Waals surface area contributed by atoms with Crippen LogP contribution in [0.5, 0.6) is 5.75 Å². The van der Waals surface area contributed by atoms with E-state index in [2.05, 4.69) is 5.32 Å². The predicted octanol–water partition coefficient (Wildman–Crippen LogP) is 6.75. The first-order valence-electron chi connectivity index (χ1n) is 14.9. The van der Waals surface area contributed by atoms with E-state index in [0.29, 0.717) is 27.9 Å². The smallest absolute Gasteiger partial charge is 0.264 e. The lowest BCUT2D eigenvalue weighted by molar-refractivity contribution is -0.140. The minimum atomic E-state index is -4.24. The summed E-state index contributed by atoms with van der Waals surface area (Å²) >= 11 is 13.1. The van der Waals surface area contributed by atoms with Crippen LogP contribution in [0.3, 0.4) is 0 Å². The van der Waals surface area contributed by atoms with Crippen LogP contribution in [-0.4, -0.2) is 51.4 Å². The number of carbonyl (C=O) groups excluding carboxylic acids is 2. The third kappa shape index (κ3) is 8.81. The van der Waals surface area contributed by atoms with Crippen LogP contribution < -0.4 is 14.4 Å². The van der Waals surface area contributed by atoms with Gasteiger partial charge in [0.25, 0.3) is 10.0 Å². The number of carbonyl (C=O) groups is 2. The standard InChI is InChI=1S/C35H37Cl2N3O5S/c1-3-4-21-38-35(42)33(22-26-13-7-5-8-14-26)39(24-30-31(36)19-12-20-32(30)37)34(41)25-40(27-15-11-16-28(23-27)45-2)46(43,44)29-17-9-6-10-18-29/h5-20,23,33H,3-4,21-22,24-25H2,1-2H3,(H,38,42). The fraction of sp³-hybridized carbons (Fsp3) is 0.257. The molecule has 0 radical (unpaired) electrons. The second-order valence-corrected chi connectivity index (χ2v) is 13.3. The summed E-state index contributed by atoms with van der Waals surface area (Å²) in [6, 6.07) is 27.6. The molecule has 0 saturated heterocycles. The summed E-state index contributed by atoms with van der Waals surface area (Å²) in [7, 11) is -2.77. The second kappa shape index (κ2) is 16.5. The van der Waals surface area contributed by atoms with E-state index >= 15 is 0 Å². The van der Waals surface area contributed by atoms with Gasteiger partial charge < -0.3 is 15.0 Å². The van der Waals surface area contributed by atoms with Gasteiger partial charge in [-0.3, -0.25) is 13.9 Å². The summed E-state index contributed by atoms with van der Waals surface area (Å²) in [5.41, 5.74) is 1.49. The van der Waals surface area contributed by atoms with Crippen LogP contribution in [0.2, 0.25) is 10.0 Å². The number of anilines is 1. The van der Waals surface area contributed by atoms with E-state index in [9.17, 15) is 18.0 Å². The minimum Gasteiger partial charge on any atom is -0.497 e. The van der Waals surface area contributed by atoms with Gasteiger partial charge in [0, 0.05) is 41.2 Å². The summed E-state index contributed by atoms with van der Waals surface area (Å²) < 4.78 is 34.6. The molecule has 1 atom stereocenters. The summed E-state index contributed by atoms with van der Waals surface area (Å²) in [6.45, 7) is 1.70. The first-order chi connectivity index (χ1) is 22.1. The van der Waals surface area contributed by atoms with Crippen molar-refractivity contribution in [2.45, 2.75) is 43.7 Å². The van der Waals surface area contributed by atoms with Crippen LogP contribution in [0.15, 0.2) is 108 Å². The maximum absolute atomic E-state index is 14.6. The Balaban J connectivity index is 1.83. The maximum Gasteiger partial charge on any atom is 0.264 e. The first kappa shape index (κ1) is 34.8. The van der Waals surface area contributed by atoms with Gasteiger partial charge in [-0.25, -0.2) is 8.42 Å². The second-order valence-electron chi connectivity index (χ2n) is 10.6. The quantitative estimate of drug-likeness (QED) is 0.140. The Labute approximate surface area is 280 Å². The van der Waals surface area contributed by atoms with E-state index in [-0.39, 0.29) is 29.5 Å². The highest BCUT2D eigenvalue weighted by atomic mass is 35.5. The van der Waals surface area contributed by atoms with Gasteiger partial charge in [0.1, 0.15) is 18.3 Å². The Morgan fingerprint density at radius 1 is 0.870 bits per heavy atom. The van der Waals surface area contributed by atoms with Gasteiger partial charge >= 0.3 is 0 Å². The topological polar surface area (TPSA) is 96.0 Å². The molecule has 0 aliphatic carbocycles. The third-order valence-corrected chi connectivity index (χ3v) is 9.94. The number of hydrogen-bond donors (Lipinski definition) is 1. The van der Waals surface area contributed by atoms with Gasteiger partial charge in [-0.15, -0.1) is 0 Å². The SMILES string of the molecule is CCCCNC(=O)C(Cc1ccccc1)N(Cc1c(Cl)cccc1Cl)C(=O)CN(c1cccc(OC)c1)S(=O)(=O)c1ccccc1. The summed E-state index contributed by atoms with van der Waals surface area (Å²) in [5, 5.41) is 3.60. The van der Waals surface area contributed by atoms with Crippen LogP contribution in [0.1, 0.15) is 30.9 Å². The molecular weight excluding hydrogens is 645 g/mol. The number of hydrogen-bond acceptors (Lipinski definition) is 5. The summed E-state index contributed by atoms with van der Waals surface area (Å²) in [6.07, 6.45) is 1.80. The molecular formula is C35H37Cl2N3O5S. The highest BCUT2D eigenvalue weighted by Gasteiger charge is 2.35. The third-order valence-electron chi connectivity index (χ3n) is 7.44. The molecule has 0 aliphatic heterocycles. The van der Waals surface area contributed by atoms with Crippen molar-refractivity contribution in [2.24, 2.45) is 0 Å². The van der Waals surface area contributed by atoms with Crippen molar-refractivity contribution < 1.29 is 22.7 Å². The lowest BCUT2D eigenvalue weighted by Crippen LogP contribution is -2.53. The van der Waals surface area contributed by atoms with Gasteiger partial charge in [0.2, 0.25) is 11.8 Å². The Kier molecular flexibility index (Phi) is 12.5. The molecule has 1 N–H and O–H groups in total. The summed E-state index contributed by atoms with van der Waals surface area (Å²) in [5.74, 6) is -0.576. The van der Waals surface area contributed by atoms with Gasteiger partial charge in [0.05, 0.1) is 17.7 Å². The molecule has 46 heavy (non-hydrogen) atoms. The molecule has 4 aromatic rings. The molecule has 0 heterocycles. The van der Waals surface area contributed by atoms with Gasteiger partial charge in [-0.1, -0.05) is 97.2 Å². The van der Waals surface area contributed by atoms with E-state index in [1.165, 1.54) is 24.1 Å². The average molecular weight is 683 g/mol. The molecule has 0 saturated carbocycles. The van der Waals surface area contributed by atoms with E-state index in [1.807, 2.05) is 37.3 Å². The van der Waals surface area contributed by atoms with E-state index in [4.69, 9.17) is 27.9 Å². The molecule has 0 spiro atoms. The van der Waals surface area contributed by atoms with Crippen LogP contribution in [-0.2, 0) is 32.6 Å². The zero-order valence-electron chi connectivity index (χ0n) is 25.7. The molecule has 4 aromatic carbocycles. The first-order valence-corrected chi connectivity index (χ1v) is 17.1. The molecule has 1 unspecified atom stereocenters. The Morgan fingerprint density at radius 3 is 2.13 bits per heavy atom. The molecule has 4 rings (SSSR count). The van der Waals surface area contributed by atoms with Crippen molar-refractivity contribution in [3.63, 3.8) is 0 Å². The molecule has 8 nitrogen and oxygen atoms in total. The Morgan fingerprint density at radius 2 is 1.50 bits per heavy atom. The number of unbranched alkanes of at least 4 members (excludes halogenated alkanes) is 1. The van der Waals surface area contributed by atoms with Crippen LogP contribution >= 0.6 is 23.2 Å². The average Bonchev–Trinajstić information content (AvgIpc) is 3.07. The van der Waals surface area contributed by atoms with Crippen molar-refractivity contribution in [1.29, 1.82) is 0 Å². The molecule has 0 fully saturated rings. The number of ether oxygens (including phenoxy) is 1. The van der Waals surface area contributed by atoms with Crippen molar-refractivity contribution >= 4 is 50.7 Å². The van der Waals surface area contributed by atoms with Crippen LogP contribution in [0.4, 0.5) is 5.69 Å². The Bertz CT molecular complexity index is 1700. The van der Waals surface area contributed by atoms with Crippen LogP contribution in [0, 0.1) is 0 Å². The number of nitrogens with one attached hydrogen (secondary N) is 1. The van der Waals surface area contributed by atoms with Crippen molar-refractivity contribution in [3.05, 3.63) is 124 Å². The van der Waals surface area contributed by atoms with Gasteiger partial charge in [-0.05, 0) is 48.4 Å². The highest BCUT2D eigenvalue weighted by molar-refractivity contribution is 7.92. The fourth-order valence-corrected chi connectivity index (χ4v) is 6.87. The van der Waals surface area contributed by atoms with Crippen molar-refractivity contribution in [1.82, 2.24) is 10.2 Å². The normalized spacial score (nSPS) is 11.8. The minimum absolute atomic E-state index is 0.00413. The summed E-state index contributed by atoms with van der Waals surface area (Å²) in [4.78, 5) is 29.8. The molecule has 0 aromatic heterocycles. The molecule has 11 heteroatoms. The lowest BCUT2D eigenvalue weighted by Gasteiger charge is -2.34. The number of nitrogens with zero attached hydrogens (tertiary/aromatic N) is 2. The van der Waals surface area contributed by atoms with Crippen molar-refractivity contribution in [3.8, 4) is 5.75 Å². The number of halogens is 2. The fourth-order valence-electron chi connectivity index (χ4n) is 4.93. The number of amides is 2. The van der Waals surface area contributed by atoms with Gasteiger partial charge in [-0.2, -0.15) is 0 Å².